The lowest BCUT2D eigenvalue weighted by Crippen LogP contribution is -2.50. The van der Waals surface area contributed by atoms with Crippen LogP contribution in [0.1, 0.15) is 17.4 Å². The zero-order chi connectivity index (χ0) is 14.3. The molecule has 0 aromatic carbocycles. The van der Waals surface area contributed by atoms with Gasteiger partial charge in [-0.3, -0.25) is 14.0 Å². The van der Waals surface area contributed by atoms with Gasteiger partial charge in [0.25, 0.3) is 5.91 Å². The molecule has 0 atom stereocenters. The Morgan fingerprint density at radius 2 is 1.90 bits per heavy atom. The van der Waals surface area contributed by atoms with E-state index in [1.165, 1.54) is 11.3 Å². The van der Waals surface area contributed by atoms with Gasteiger partial charge in [-0.15, -0.1) is 11.3 Å². The molecule has 2 aromatic heterocycles. The van der Waals surface area contributed by atoms with Crippen molar-refractivity contribution < 1.29 is 9.59 Å². The molecule has 8 heteroatoms. The third-order valence-corrected chi connectivity index (χ3v) is 4.45. The smallest absolute Gasteiger partial charge is 0.274 e. The molecule has 3 heterocycles. The van der Waals surface area contributed by atoms with Gasteiger partial charge in [-0.25, -0.2) is 4.98 Å². The summed E-state index contributed by atoms with van der Waals surface area (Å²) < 4.78 is 1.71. The maximum Gasteiger partial charge on any atom is 0.274 e. The summed E-state index contributed by atoms with van der Waals surface area (Å²) in [6.45, 7) is 3.70. The highest BCUT2D eigenvalue weighted by Crippen LogP contribution is 2.23. The lowest BCUT2D eigenvalue weighted by Gasteiger charge is -2.34. The number of amides is 2. The summed E-state index contributed by atoms with van der Waals surface area (Å²) in [7, 11) is 0. The van der Waals surface area contributed by atoms with E-state index in [-0.39, 0.29) is 17.0 Å². The summed E-state index contributed by atoms with van der Waals surface area (Å²) in [5.74, 6) is -0.0937. The predicted molar refractivity (Wildman–Crippen MR) is 76.2 cm³/mol. The van der Waals surface area contributed by atoms with E-state index in [0.717, 1.165) is 0 Å². The number of carbonyl (C=O) groups excluding carboxylic acids is 2. The van der Waals surface area contributed by atoms with Gasteiger partial charge in [0.15, 0.2) is 15.8 Å². The minimum absolute atomic E-state index is 0.0414. The van der Waals surface area contributed by atoms with Gasteiger partial charge in [0.05, 0.1) is 0 Å². The summed E-state index contributed by atoms with van der Waals surface area (Å²) >= 11 is 7.50. The van der Waals surface area contributed by atoms with Crippen LogP contribution in [-0.4, -0.2) is 57.2 Å². The van der Waals surface area contributed by atoms with Gasteiger partial charge in [0, 0.05) is 44.7 Å². The Hall–Kier alpha value is -1.60. The van der Waals surface area contributed by atoms with Gasteiger partial charge in [-0.1, -0.05) is 11.6 Å². The highest BCUT2D eigenvalue weighted by atomic mass is 35.5. The number of carbonyl (C=O) groups is 2. The van der Waals surface area contributed by atoms with Crippen molar-refractivity contribution in [1.29, 1.82) is 0 Å². The number of hydrogen-bond acceptors (Lipinski definition) is 4. The fourth-order valence-electron chi connectivity index (χ4n) is 2.32. The van der Waals surface area contributed by atoms with E-state index in [1.807, 2.05) is 5.38 Å². The van der Waals surface area contributed by atoms with Crippen molar-refractivity contribution in [2.75, 3.05) is 26.2 Å². The largest absolute Gasteiger partial charge is 0.339 e. The number of fused-ring (bicyclic) bond motifs is 1. The zero-order valence-electron chi connectivity index (χ0n) is 10.9. The molecule has 0 spiro atoms. The van der Waals surface area contributed by atoms with Gasteiger partial charge < -0.3 is 9.80 Å². The number of imidazole rings is 1. The molecule has 1 aliphatic rings. The number of hydrogen-bond donors (Lipinski definition) is 0. The van der Waals surface area contributed by atoms with Crippen LogP contribution in [0.15, 0.2) is 11.6 Å². The van der Waals surface area contributed by atoms with Crippen LogP contribution in [0.3, 0.4) is 0 Å². The molecule has 1 saturated heterocycles. The fraction of sp³-hybridized carbons (Fsp3) is 0.417. The Morgan fingerprint density at radius 1 is 1.25 bits per heavy atom. The molecule has 0 unspecified atom stereocenters. The fourth-order valence-corrected chi connectivity index (χ4v) is 3.34. The van der Waals surface area contributed by atoms with Gasteiger partial charge in [-0.05, 0) is 0 Å². The van der Waals surface area contributed by atoms with E-state index >= 15 is 0 Å². The molecule has 20 heavy (non-hydrogen) atoms. The summed E-state index contributed by atoms with van der Waals surface area (Å²) in [6, 6.07) is 0. The first-order valence-electron chi connectivity index (χ1n) is 6.24. The molecule has 0 N–H and O–H groups in total. The monoisotopic (exact) mass is 312 g/mol. The van der Waals surface area contributed by atoms with Crippen LogP contribution in [0.5, 0.6) is 0 Å². The minimum Gasteiger partial charge on any atom is -0.339 e. The third-order valence-electron chi connectivity index (χ3n) is 3.43. The van der Waals surface area contributed by atoms with E-state index in [9.17, 15) is 9.59 Å². The minimum atomic E-state index is -0.135. The Balaban J connectivity index is 1.81. The molecular weight excluding hydrogens is 300 g/mol. The third kappa shape index (κ3) is 2.16. The normalized spacial score (nSPS) is 15.9. The number of piperazine rings is 1. The molecule has 1 aliphatic heterocycles. The molecule has 6 nitrogen and oxygen atoms in total. The molecular formula is C12H13ClN4O2S. The average Bonchev–Trinajstić information content (AvgIpc) is 2.98. The topological polar surface area (TPSA) is 57.9 Å². The van der Waals surface area contributed by atoms with Crippen molar-refractivity contribution in [1.82, 2.24) is 19.2 Å². The SMILES string of the molecule is CC(=O)N1CCN(C(=O)c2c(Cl)nc3sccn23)CC1. The lowest BCUT2D eigenvalue weighted by atomic mass is 10.3. The molecule has 0 bridgehead atoms. The summed E-state index contributed by atoms with van der Waals surface area (Å²) in [4.78, 5) is 32.2. The maximum atomic E-state index is 12.6. The molecule has 1 fully saturated rings. The Labute approximate surface area is 124 Å². The van der Waals surface area contributed by atoms with E-state index in [1.54, 1.807) is 27.3 Å². The molecule has 0 saturated carbocycles. The first-order valence-corrected chi connectivity index (χ1v) is 7.49. The Morgan fingerprint density at radius 3 is 2.55 bits per heavy atom. The highest BCUT2D eigenvalue weighted by Gasteiger charge is 2.27. The summed E-state index contributed by atoms with van der Waals surface area (Å²) in [5, 5.41) is 2.10. The van der Waals surface area contributed by atoms with Crippen LogP contribution in [0, 0.1) is 0 Å². The van der Waals surface area contributed by atoms with Crippen LogP contribution >= 0.6 is 22.9 Å². The molecule has 106 valence electrons. The first-order chi connectivity index (χ1) is 9.58. The van der Waals surface area contributed by atoms with Crippen molar-refractivity contribution in [3.63, 3.8) is 0 Å². The predicted octanol–water partition coefficient (Wildman–Crippen LogP) is 1.35. The number of rotatable bonds is 1. The van der Waals surface area contributed by atoms with Crippen molar-refractivity contribution >= 4 is 39.7 Å². The quantitative estimate of drug-likeness (QED) is 0.799. The maximum absolute atomic E-state index is 12.6. The second-order valence-corrected chi connectivity index (χ2v) is 5.84. The average molecular weight is 313 g/mol. The van der Waals surface area contributed by atoms with Gasteiger partial charge in [0.1, 0.15) is 0 Å². The molecule has 3 rings (SSSR count). The molecule has 2 aromatic rings. The van der Waals surface area contributed by atoms with Crippen LogP contribution in [0.2, 0.25) is 5.15 Å². The van der Waals surface area contributed by atoms with Gasteiger partial charge in [-0.2, -0.15) is 0 Å². The number of nitrogens with zero attached hydrogens (tertiary/aromatic N) is 4. The van der Waals surface area contributed by atoms with Crippen molar-refractivity contribution in [3.05, 3.63) is 22.4 Å². The van der Waals surface area contributed by atoms with Crippen LogP contribution < -0.4 is 0 Å². The second kappa shape index (κ2) is 5.06. The van der Waals surface area contributed by atoms with Crippen molar-refractivity contribution in [3.8, 4) is 0 Å². The second-order valence-electron chi connectivity index (χ2n) is 4.61. The van der Waals surface area contributed by atoms with E-state index in [0.29, 0.717) is 36.8 Å². The highest BCUT2D eigenvalue weighted by molar-refractivity contribution is 7.15. The van der Waals surface area contributed by atoms with E-state index < -0.39 is 0 Å². The van der Waals surface area contributed by atoms with Crippen molar-refractivity contribution in [2.45, 2.75) is 6.92 Å². The number of thiazole rings is 1. The number of halogens is 1. The Bertz CT molecular complexity index is 672. The Kier molecular flexibility index (Phi) is 3.39. The first kappa shape index (κ1) is 13.4. The lowest BCUT2D eigenvalue weighted by molar-refractivity contribution is -0.130. The number of aromatic nitrogens is 2. The van der Waals surface area contributed by atoms with Gasteiger partial charge in [0.2, 0.25) is 5.91 Å². The van der Waals surface area contributed by atoms with Crippen LogP contribution in [0.25, 0.3) is 4.96 Å². The van der Waals surface area contributed by atoms with E-state index in [2.05, 4.69) is 4.98 Å². The van der Waals surface area contributed by atoms with Crippen molar-refractivity contribution in [2.24, 2.45) is 0 Å². The van der Waals surface area contributed by atoms with Crippen LogP contribution in [0.4, 0.5) is 0 Å². The standard InChI is InChI=1S/C12H13ClN4O2S/c1-8(18)15-2-4-16(5-3-15)11(19)9-10(13)14-12-17(9)6-7-20-12/h6-7H,2-5H2,1H3. The summed E-state index contributed by atoms with van der Waals surface area (Å²) in [6.07, 6.45) is 1.79. The summed E-state index contributed by atoms with van der Waals surface area (Å²) in [5.41, 5.74) is 0.402. The molecule has 0 radical (unpaired) electrons. The van der Waals surface area contributed by atoms with E-state index in [4.69, 9.17) is 11.6 Å². The van der Waals surface area contributed by atoms with Gasteiger partial charge >= 0.3 is 0 Å². The molecule has 0 aliphatic carbocycles. The molecule has 2 amide bonds. The van der Waals surface area contributed by atoms with Crippen LogP contribution in [-0.2, 0) is 4.79 Å². The zero-order valence-corrected chi connectivity index (χ0v) is 12.4.